The van der Waals surface area contributed by atoms with Crippen molar-refractivity contribution in [3.8, 4) is 0 Å². The van der Waals surface area contributed by atoms with Gasteiger partial charge in [0.15, 0.2) is 0 Å². The Balaban J connectivity index is 0.00000161. The Morgan fingerprint density at radius 3 is 2.71 bits per heavy atom. The van der Waals surface area contributed by atoms with Crippen molar-refractivity contribution < 1.29 is 4.79 Å². The van der Waals surface area contributed by atoms with Crippen LogP contribution in [0.25, 0.3) is 0 Å². The van der Waals surface area contributed by atoms with Crippen LogP contribution in [0, 0.1) is 0 Å². The largest absolute Gasteiger partial charge is 0.333 e. The van der Waals surface area contributed by atoms with Crippen LogP contribution in [-0.4, -0.2) is 23.4 Å². The molecular formula is C17H25ClN2O. The van der Waals surface area contributed by atoms with Crippen LogP contribution in [0.4, 0.5) is 0 Å². The number of rotatable bonds is 5. The molecule has 1 atom stereocenters. The van der Waals surface area contributed by atoms with Crippen molar-refractivity contribution in [2.75, 3.05) is 6.54 Å². The molecule has 0 aromatic heterocycles. The molecule has 0 aliphatic heterocycles. The van der Waals surface area contributed by atoms with E-state index in [1.165, 1.54) is 30.4 Å². The van der Waals surface area contributed by atoms with Crippen LogP contribution < -0.4 is 5.73 Å². The maximum atomic E-state index is 12.6. The first-order valence-corrected chi connectivity index (χ1v) is 7.90. The normalized spacial score (nSPS) is 20.3. The van der Waals surface area contributed by atoms with Gasteiger partial charge in [-0.2, -0.15) is 0 Å². The number of nitrogens with zero attached hydrogens (tertiary/aromatic N) is 1. The Hall–Kier alpha value is -1.06. The summed E-state index contributed by atoms with van der Waals surface area (Å²) in [6, 6.07) is 9.43. The zero-order valence-corrected chi connectivity index (χ0v) is 13.3. The van der Waals surface area contributed by atoms with E-state index < -0.39 is 0 Å². The zero-order valence-electron chi connectivity index (χ0n) is 12.5. The maximum absolute atomic E-state index is 12.6. The molecule has 0 spiro atoms. The van der Waals surface area contributed by atoms with Gasteiger partial charge in [0.1, 0.15) is 0 Å². The molecule has 0 bridgehead atoms. The number of carbonyl (C=O) groups is 1. The first-order chi connectivity index (χ1) is 9.81. The molecule has 2 aliphatic carbocycles. The molecule has 4 heteroatoms. The van der Waals surface area contributed by atoms with Gasteiger partial charge in [-0.15, -0.1) is 12.4 Å². The van der Waals surface area contributed by atoms with Gasteiger partial charge in [-0.05, 0) is 56.2 Å². The number of hydrogen-bond donors (Lipinski definition) is 1. The number of aryl methyl sites for hydroxylation is 1. The third kappa shape index (κ3) is 3.58. The fraction of sp³-hybridized carbons (Fsp3) is 0.588. The summed E-state index contributed by atoms with van der Waals surface area (Å²) in [4.78, 5) is 14.8. The lowest BCUT2D eigenvalue weighted by molar-refractivity contribution is -0.134. The standard InChI is InChI=1S/C17H24N2O.ClH/c18-12-4-9-17(20)19(14-10-11-14)16-8-3-6-13-5-1-2-7-15(13)16;/h1-2,5,7,14,16H,3-4,6,8-12,18H2;1H. The van der Waals surface area contributed by atoms with Crippen molar-refractivity contribution >= 4 is 18.3 Å². The molecule has 21 heavy (non-hydrogen) atoms. The van der Waals surface area contributed by atoms with Gasteiger partial charge in [0, 0.05) is 12.5 Å². The van der Waals surface area contributed by atoms with E-state index in [4.69, 9.17) is 5.73 Å². The number of fused-ring (bicyclic) bond motifs is 1. The van der Waals surface area contributed by atoms with Crippen LogP contribution in [0.1, 0.15) is 55.7 Å². The SMILES string of the molecule is Cl.NCCCC(=O)N(C1CC1)C1CCCc2ccccc21. The fourth-order valence-corrected chi connectivity index (χ4v) is 3.38. The van der Waals surface area contributed by atoms with Gasteiger partial charge in [0.25, 0.3) is 0 Å². The van der Waals surface area contributed by atoms with E-state index in [-0.39, 0.29) is 12.4 Å². The molecule has 1 aromatic rings. The summed E-state index contributed by atoms with van der Waals surface area (Å²) in [5.74, 6) is 0.305. The summed E-state index contributed by atoms with van der Waals surface area (Å²) < 4.78 is 0. The minimum absolute atomic E-state index is 0. The van der Waals surface area contributed by atoms with Crippen molar-refractivity contribution in [2.45, 2.75) is 57.0 Å². The summed E-state index contributed by atoms with van der Waals surface area (Å²) in [5.41, 5.74) is 8.37. The molecule has 2 N–H and O–H groups in total. The van der Waals surface area contributed by atoms with E-state index in [1.807, 2.05) is 0 Å². The van der Waals surface area contributed by atoms with Crippen molar-refractivity contribution in [1.82, 2.24) is 4.90 Å². The molecule has 1 amide bonds. The van der Waals surface area contributed by atoms with Crippen LogP contribution in [-0.2, 0) is 11.2 Å². The minimum atomic E-state index is 0. The van der Waals surface area contributed by atoms with Gasteiger partial charge in [-0.3, -0.25) is 4.79 Å². The lowest BCUT2D eigenvalue weighted by Crippen LogP contribution is -2.38. The highest BCUT2D eigenvalue weighted by Crippen LogP contribution is 2.41. The molecule has 0 saturated heterocycles. The summed E-state index contributed by atoms with van der Waals surface area (Å²) in [7, 11) is 0. The van der Waals surface area contributed by atoms with Crippen molar-refractivity contribution in [3.05, 3.63) is 35.4 Å². The second-order valence-electron chi connectivity index (χ2n) is 6.03. The summed E-state index contributed by atoms with van der Waals surface area (Å²) in [5, 5.41) is 0. The topological polar surface area (TPSA) is 46.3 Å². The number of amides is 1. The van der Waals surface area contributed by atoms with Crippen molar-refractivity contribution in [2.24, 2.45) is 5.73 Å². The second kappa shape index (κ2) is 7.28. The number of nitrogens with two attached hydrogens (primary N) is 1. The Bertz CT molecular complexity index is 487. The zero-order chi connectivity index (χ0) is 13.9. The molecule has 0 radical (unpaired) electrons. The van der Waals surface area contributed by atoms with Gasteiger partial charge in [0.05, 0.1) is 6.04 Å². The van der Waals surface area contributed by atoms with E-state index in [9.17, 15) is 4.79 Å². The fourth-order valence-electron chi connectivity index (χ4n) is 3.38. The second-order valence-corrected chi connectivity index (χ2v) is 6.03. The highest BCUT2D eigenvalue weighted by Gasteiger charge is 2.38. The Morgan fingerprint density at radius 1 is 1.24 bits per heavy atom. The number of halogens is 1. The number of carbonyl (C=O) groups excluding carboxylic acids is 1. The lowest BCUT2D eigenvalue weighted by atomic mass is 9.86. The summed E-state index contributed by atoms with van der Waals surface area (Å²) in [6.45, 7) is 0.603. The van der Waals surface area contributed by atoms with Crippen molar-refractivity contribution in [1.29, 1.82) is 0 Å². The predicted molar refractivity (Wildman–Crippen MR) is 87.5 cm³/mol. The highest BCUT2D eigenvalue weighted by atomic mass is 35.5. The Labute approximate surface area is 133 Å². The first-order valence-electron chi connectivity index (χ1n) is 7.90. The Kier molecular flexibility index (Phi) is 5.65. The van der Waals surface area contributed by atoms with E-state index in [2.05, 4.69) is 29.2 Å². The molecule has 1 fully saturated rings. The molecular weight excluding hydrogens is 284 g/mol. The maximum Gasteiger partial charge on any atom is 0.223 e. The smallest absolute Gasteiger partial charge is 0.223 e. The highest BCUT2D eigenvalue weighted by molar-refractivity contribution is 5.85. The molecule has 1 unspecified atom stereocenters. The van der Waals surface area contributed by atoms with Crippen LogP contribution >= 0.6 is 12.4 Å². The molecule has 116 valence electrons. The van der Waals surface area contributed by atoms with Gasteiger partial charge in [-0.25, -0.2) is 0 Å². The molecule has 1 aromatic carbocycles. The van der Waals surface area contributed by atoms with Gasteiger partial charge < -0.3 is 10.6 Å². The van der Waals surface area contributed by atoms with Crippen LogP contribution in [0.15, 0.2) is 24.3 Å². The average molecular weight is 309 g/mol. The van der Waals surface area contributed by atoms with Gasteiger partial charge in [-0.1, -0.05) is 24.3 Å². The third-order valence-electron chi connectivity index (χ3n) is 4.50. The lowest BCUT2D eigenvalue weighted by Gasteiger charge is -2.36. The van der Waals surface area contributed by atoms with Crippen LogP contribution in [0.3, 0.4) is 0 Å². The summed E-state index contributed by atoms with van der Waals surface area (Å²) >= 11 is 0. The van der Waals surface area contributed by atoms with Gasteiger partial charge >= 0.3 is 0 Å². The molecule has 1 saturated carbocycles. The Morgan fingerprint density at radius 2 is 2.00 bits per heavy atom. The van der Waals surface area contributed by atoms with Crippen LogP contribution in [0.5, 0.6) is 0 Å². The third-order valence-corrected chi connectivity index (χ3v) is 4.50. The van der Waals surface area contributed by atoms with Gasteiger partial charge in [0.2, 0.25) is 5.91 Å². The summed E-state index contributed by atoms with van der Waals surface area (Å²) in [6.07, 6.45) is 7.21. The first kappa shape index (κ1) is 16.3. The molecule has 3 rings (SSSR count). The molecule has 2 aliphatic rings. The van der Waals surface area contributed by atoms with E-state index in [0.717, 1.165) is 19.3 Å². The van der Waals surface area contributed by atoms with Crippen LogP contribution in [0.2, 0.25) is 0 Å². The number of benzene rings is 1. The monoisotopic (exact) mass is 308 g/mol. The van der Waals surface area contributed by atoms with Crippen molar-refractivity contribution in [3.63, 3.8) is 0 Å². The quantitative estimate of drug-likeness (QED) is 0.908. The average Bonchev–Trinajstić information content (AvgIpc) is 3.30. The van der Waals surface area contributed by atoms with E-state index >= 15 is 0 Å². The predicted octanol–water partition coefficient (Wildman–Crippen LogP) is 3.22. The number of hydrogen-bond acceptors (Lipinski definition) is 2. The van der Waals surface area contributed by atoms with E-state index in [1.54, 1.807) is 0 Å². The van der Waals surface area contributed by atoms with E-state index in [0.29, 0.717) is 31.0 Å². The molecule has 0 heterocycles. The minimum Gasteiger partial charge on any atom is -0.333 e. The molecule has 3 nitrogen and oxygen atoms in total.